The van der Waals surface area contributed by atoms with E-state index in [4.69, 9.17) is 4.74 Å². The van der Waals surface area contributed by atoms with Crippen LogP contribution in [-0.4, -0.2) is 24.7 Å². The fraction of sp³-hybridized carbons (Fsp3) is 0.929. The molecule has 3 aliphatic carbocycles. The van der Waals surface area contributed by atoms with E-state index in [2.05, 4.69) is 12.2 Å². The van der Waals surface area contributed by atoms with Crippen LogP contribution in [0.15, 0.2) is 0 Å². The van der Waals surface area contributed by atoms with Crippen LogP contribution in [0.3, 0.4) is 0 Å². The van der Waals surface area contributed by atoms with Crippen LogP contribution in [-0.2, 0) is 9.53 Å². The fourth-order valence-corrected chi connectivity index (χ4v) is 4.38. The zero-order valence-electron chi connectivity index (χ0n) is 10.8. The van der Waals surface area contributed by atoms with Crippen LogP contribution in [0.5, 0.6) is 0 Å². The van der Waals surface area contributed by atoms with Gasteiger partial charge in [-0.1, -0.05) is 6.92 Å². The van der Waals surface area contributed by atoms with E-state index >= 15 is 0 Å². The lowest BCUT2D eigenvalue weighted by Gasteiger charge is -2.18. The molecular formula is C14H23NO2. The van der Waals surface area contributed by atoms with Gasteiger partial charge >= 0.3 is 5.97 Å². The van der Waals surface area contributed by atoms with Gasteiger partial charge in [0.05, 0.1) is 6.61 Å². The number of hydrogen-bond acceptors (Lipinski definition) is 3. The molecule has 17 heavy (non-hydrogen) atoms. The molecule has 0 amide bonds. The largest absolute Gasteiger partial charge is 0.465 e. The quantitative estimate of drug-likeness (QED) is 0.743. The van der Waals surface area contributed by atoms with Crippen molar-refractivity contribution in [1.82, 2.24) is 5.32 Å². The summed E-state index contributed by atoms with van der Waals surface area (Å²) in [6.45, 7) is 4.41. The third kappa shape index (κ3) is 1.79. The predicted molar refractivity (Wildman–Crippen MR) is 65.4 cm³/mol. The van der Waals surface area contributed by atoms with Crippen LogP contribution >= 0.6 is 0 Å². The van der Waals surface area contributed by atoms with Crippen molar-refractivity contribution in [3.63, 3.8) is 0 Å². The molecular weight excluding hydrogens is 214 g/mol. The first kappa shape index (κ1) is 11.5. The van der Waals surface area contributed by atoms with Gasteiger partial charge in [-0.05, 0) is 56.3 Å². The van der Waals surface area contributed by atoms with Crippen molar-refractivity contribution in [2.75, 3.05) is 6.61 Å². The third-order valence-electron chi connectivity index (χ3n) is 5.11. The van der Waals surface area contributed by atoms with Crippen LogP contribution in [0.2, 0.25) is 0 Å². The summed E-state index contributed by atoms with van der Waals surface area (Å²) in [5.74, 6) is 3.63. The van der Waals surface area contributed by atoms with Crippen molar-refractivity contribution in [3.05, 3.63) is 0 Å². The van der Waals surface area contributed by atoms with E-state index in [1.54, 1.807) is 0 Å². The lowest BCUT2D eigenvalue weighted by Crippen LogP contribution is -2.40. The minimum atomic E-state index is -0.0788. The highest BCUT2D eigenvalue weighted by Crippen LogP contribution is 2.65. The van der Waals surface area contributed by atoms with E-state index in [1.807, 2.05) is 6.92 Å². The Hall–Kier alpha value is -0.570. The van der Waals surface area contributed by atoms with Crippen molar-refractivity contribution >= 4 is 5.97 Å². The molecule has 5 unspecified atom stereocenters. The average molecular weight is 237 g/mol. The van der Waals surface area contributed by atoms with Gasteiger partial charge < -0.3 is 10.1 Å². The van der Waals surface area contributed by atoms with E-state index in [0.717, 1.165) is 30.1 Å². The number of ether oxygens (including phenoxy) is 1. The molecule has 2 bridgehead atoms. The Balaban J connectivity index is 1.56. The standard InChI is InChI=1S/C14H23NO2/c1-3-10(14(16)17-4-2)15-13-11-8-5-6-9(7-8)12(11)13/h8-13,15H,3-7H2,1-2H3. The second-order valence-corrected chi connectivity index (χ2v) is 5.89. The van der Waals surface area contributed by atoms with Gasteiger partial charge in [-0.15, -0.1) is 0 Å². The van der Waals surface area contributed by atoms with Gasteiger partial charge in [0.15, 0.2) is 0 Å². The summed E-state index contributed by atoms with van der Waals surface area (Å²) in [4.78, 5) is 11.8. The highest BCUT2D eigenvalue weighted by atomic mass is 16.5. The molecule has 3 saturated carbocycles. The molecule has 5 atom stereocenters. The van der Waals surface area contributed by atoms with Gasteiger partial charge in [0, 0.05) is 6.04 Å². The molecule has 0 aliphatic heterocycles. The number of fused-ring (bicyclic) bond motifs is 5. The monoisotopic (exact) mass is 237 g/mol. The summed E-state index contributed by atoms with van der Waals surface area (Å²) in [5, 5.41) is 3.55. The van der Waals surface area contributed by atoms with Crippen molar-refractivity contribution in [1.29, 1.82) is 0 Å². The first-order valence-corrected chi connectivity index (χ1v) is 7.19. The van der Waals surface area contributed by atoms with Crippen LogP contribution in [0, 0.1) is 23.7 Å². The van der Waals surface area contributed by atoms with E-state index in [1.165, 1.54) is 19.3 Å². The number of hydrogen-bond donors (Lipinski definition) is 1. The van der Waals surface area contributed by atoms with E-state index in [9.17, 15) is 4.79 Å². The number of carbonyl (C=O) groups is 1. The number of rotatable bonds is 5. The number of nitrogens with one attached hydrogen (secondary N) is 1. The maximum atomic E-state index is 11.8. The maximum Gasteiger partial charge on any atom is 0.323 e. The van der Waals surface area contributed by atoms with E-state index in [0.29, 0.717) is 12.6 Å². The zero-order chi connectivity index (χ0) is 12.0. The summed E-state index contributed by atoms with van der Waals surface area (Å²) < 4.78 is 5.11. The summed E-state index contributed by atoms with van der Waals surface area (Å²) >= 11 is 0. The van der Waals surface area contributed by atoms with Crippen LogP contribution < -0.4 is 5.32 Å². The average Bonchev–Trinajstić information content (AvgIpc) is 2.72. The SMILES string of the molecule is CCOC(=O)C(CC)NC1C2C3CCC(C3)C12. The van der Waals surface area contributed by atoms with Gasteiger partial charge in [-0.2, -0.15) is 0 Å². The molecule has 0 aromatic heterocycles. The van der Waals surface area contributed by atoms with Gasteiger partial charge in [-0.3, -0.25) is 4.79 Å². The maximum absolute atomic E-state index is 11.8. The van der Waals surface area contributed by atoms with Crippen LogP contribution in [0.25, 0.3) is 0 Å². The highest BCUT2D eigenvalue weighted by molar-refractivity contribution is 5.75. The third-order valence-corrected chi connectivity index (χ3v) is 5.11. The van der Waals surface area contributed by atoms with E-state index in [-0.39, 0.29) is 12.0 Å². The Morgan fingerprint density at radius 3 is 2.47 bits per heavy atom. The summed E-state index contributed by atoms with van der Waals surface area (Å²) in [6.07, 6.45) is 5.16. The molecule has 0 heterocycles. The molecule has 96 valence electrons. The molecule has 0 spiro atoms. The van der Waals surface area contributed by atoms with Crippen LogP contribution in [0.1, 0.15) is 39.5 Å². The molecule has 0 radical (unpaired) electrons. The Kier molecular flexibility index (Phi) is 2.89. The lowest BCUT2D eigenvalue weighted by atomic mass is 10.0. The first-order chi connectivity index (χ1) is 8.26. The minimum Gasteiger partial charge on any atom is -0.465 e. The Bertz CT molecular complexity index is 301. The summed E-state index contributed by atoms with van der Waals surface area (Å²) in [6, 6.07) is 0.542. The second kappa shape index (κ2) is 4.27. The molecule has 0 aromatic carbocycles. The Morgan fingerprint density at radius 2 is 1.94 bits per heavy atom. The molecule has 3 aliphatic rings. The topological polar surface area (TPSA) is 38.3 Å². The van der Waals surface area contributed by atoms with Gasteiger partial charge in [0.25, 0.3) is 0 Å². The Labute approximate surface area is 103 Å². The summed E-state index contributed by atoms with van der Waals surface area (Å²) in [7, 11) is 0. The number of carbonyl (C=O) groups excluding carboxylic acids is 1. The summed E-state index contributed by atoms with van der Waals surface area (Å²) in [5.41, 5.74) is 0. The molecule has 3 heteroatoms. The molecule has 3 fully saturated rings. The van der Waals surface area contributed by atoms with Gasteiger partial charge in [-0.25, -0.2) is 0 Å². The molecule has 0 saturated heterocycles. The van der Waals surface area contributed by atoms with Crippen molar-refractivity contribution < 1.29 is 9.53 Å². The smallest absolute Gasteiger partial charge is 0.323 e. The minimum absolute atomic E-state index is 0.0627. The van der Waals surface area contributed by atoms with Crippen molar-refractivity contribution in [2.45, 2.75) is 51.6 Å². The molecule has 0 aromatic rings. The van der Waals surface area contributed by atoms with Gasteiger partial charge in [0.2, 0.25) is 0 Å². The van der Waals surface area contributed by atoms with Crippen molar-refractivity contribution in [3.8, 4) is 0 Å². The molecule has 3 rings (SSSR count). The molecule has 3 nitrogen and oxygen atoms in total. The first-order valence-electron chi connectivity index (χ1n) is 7.19. The zero-order valence-corrected chi connectivity index (χ0v) is 10.8. The predicted octanol–water partition coefficient (Wildman–Crippen LogP) is 1.96. The highest BCUT2D eigenvalue weighted by Gasteiger charge is 2.65. The van der Waals surface area contributed by atoms with Crippen LogP contribution in [0.4, 0.5) is 0 Å². The fourth-order valence-electron chi connectivity index (χ4n) is 4.38. The Morgan fingerprint density at radius 1 is 1.29 bits per heavy atom. The number of esters is 1. The second-order valence-electron chi connectivity index (χ2n) is 5.89. The van der Waals surface area contributed by atoms with E-state index < -0.39 is 0 Å². The normalized spacial score (nSPS) is 43.3. The molecule has 1 N–H and O–H groups in total. The van der Waals surface area contributed by atoms with Gasteiger partial charge in [0.1, 0.15) is 6.04 Å². The van der Waals surface area contributed by atoms with Crippen molar-refractivity contribution in [2.24, 2.45) is 23.7 Å². The lowest BCUT2D eigenvalue weighted by molar-refractivity contribution is -0.145.